The van der Waals surface area contributed by atoms with E-state index in [1.54, 1.807) is 0 Å². The van der Waals surface area contributed by atoms with Crippen LogP contribution in [0.3, 0.4) is 0 Å². The predicted molar refractivity (Wildman–Crippen MR) is 66.3 cm³/mol. The van der Waals surface area contributed by atoms with Crippen molar-refractivity contribution in [2.24, 2.45) is 10.9 Å². The maximum Gasteiger partial charge on any atom is 0.330 e. The summed E-state index contributed by atoms with van der Waals surface area (Å²) in [6.45, 7) is 1.48. The highest BCUT2D eigenvalue weighted by Crippen LogP contribution is 2.41. The van der Waals surface area contributed by atoms with Crippen LogP contribution in [0, 0.1) is 5.92 Å². The van der Waals surface area contributed by atoms with Crippen LogP contribution in [0.25, 0.3) is 0 Å². The minimum Gasteiger partial charge on any atom is -0.391 e. The minimum atomic E-state index is -1.79. The van der Waals surface area contributed by atoms with Crippen LogP contribution in [-0.4, -0.2) is 51.6 Å². The molecule has 0 saturated carbocycles. The molecule has 0 bridgehead atoms. The Bertz CT molecular complexity index is 615. The number of nitrogens with zero attached hydrogens (tertiary/aromatic N) is 2. The average molecular weight is 287 g/mol. The standard InChI is InChI=1S/C11H14FN3O5/c1-13-11(5-16)8(18)6(4-12)9(20-11)15-3-2-7(17)14-10(15)19/h2-3,6,8-9,16,18H,1,4-5H2,(H,14,17,19)/t6?,8-,9+,11+/m0/s1. The van der Waals surface area contributed by atoms with Gasteiger partial charge in [-0.05, 0) is 6.72 Å². The van der Waals surface area contributed by atoms with E-state index in [2.05, 4.69) is 11.7 Å². The summed E-state index contributed by atoms with van der Waals surface area (Å²) in [4.78, 5) is 28.2. The molecule has 1 aromatic heterocycles. The molecule has 1 saturated heterocycles. The lowest BCUT2D eigenvalue weighted by Crippen LogP contribution is -2.43. The summed E-state index contributed by atoms with van der Waals surface area (Å²) in [5.41, 5.74) is -3.22. The molecule has 2 rings (SSSR count). The van der Waals surface area contributed by atoms with Crippen LogP contribution in [0.5, 0.6) is 0 Å². The van der Waals surface area contributed by atoms with Crippen molar-refractivity contribution in [1.82, 2.24) is 9.55 Å². The molecular formula is C11H14FN3O5. The smallest absolute Gasteiger partial charge is 0.330 e. The van der Waals surface area contributed by atoms with Crippen LogP contribution in [0.4, 0.5) is 4.39 Å². The molecule has 3 N–H and O–H groups in total. The van der Waals surface area contributed by atoms with E-state index >= 15 is 0 Å². The summed E-state index contributed by atoms with van der Waals surface area (Å²) < 4.78 is 19.4. The third kappa shape index (κ3) is 2.09. The Morgan fingerprint density at radius 3 is 2.80 bits per heavy atom. The number of hydrogen-bond donors (Lipinski definition) is 3. The minimum absolute atomic E-state index is 0.614. The Hall–Kier alpha value is -1.84. The highest BCUT2D eigenvalue weighted by atomic mass is 19.1. The van der Waals surface area contributed by atoms with E-state index in [0.717, 1.165) is 16.8 Å². The number of nitrogens with one attached hydrogen (secondary N) is 1. The molecule has 0 spiro atoms. The van der Waals surface area contributed by atoms with Gasteiger partial charge < -0.3 is 14.9 Å². The van der Waals surface area contributed by atoms with Crippen molar-refractivity contribution in [3.8, 4) is 0 Å². The maximum absolute atomic E-state index is 13.1. The monoisotopic (exact) mass is 287 g/mol. The first-order valence-electron chi connectivity index (χ1n) is 5.81. The second-order valence-electron chi connectivity index (χ2n) is 4.45. The molecular weight excluding hydrogens is 273 g/mol. The topological polar surface area (TPSA) is 117 Å². The third-order valence-corrected chi connectivity index (χ3v) is 3.36. The zero-order valence-electron chi connectivity index (χ0n) is 10.4. The Kier molecular flexibility index (Phi) is 3.84. The summed E-state index contributed by atoms with van der Waals surface area (Å²) >= 11 is 0. The zero-order valence-corrected chi connectivity index (χ0v) is 10.4. The molecule has 1 unspecified atom stereocenters. The zero-order chi connectivity index (χ0) is 14.9. The maximum atomic E-state index is 13.1. The number of aromatic nitrogens is 2. The van der Waals surface area contributed by atoms with Gasteiger partial charge in [-0.15, -0.1) is 0 Å². The third-order valence-electron chi connectivity index (χ3n) is 3.36. The van der Waals surface area contributed by atoms with Gasteiger partial charge >= 0.3 is 5.69 Å². The van der Waals surface area contributed by atoms with Crippen LogP contribution < -0.4 is 11.2 Å². The quantitative estimate of drug-likeness (QED) is 0.577. The van der Waals surface area contributed by atoms with E-state index in [1.807, 2.05) is 4.98 Å². The molecule has 0 radical (unpaired) electrons. The Morgan fingerprint density at radius 2 is 2.30 bits per heavy atom. The van der Waals surface area contributed by atoms with Gasteiger partial charge in [0, 0.05) is 12.3 Å². The number of rotatable bonds is 4. The SMILES string of the molecule is C=N[C@]1(CO)O[C@@H](n2ccc(=O)[nH]c2=O)C(CF)[C@@H]1O. The number of aliphatic hydroxyl groups excluding tert-OH is 2. The molecule has 110 valence electrons. The van der Waals surface area contributed by atoms with Crippen LogP contribution >= 0.6 is 0 Å². The first-order valence-corrected chi connectivity index (χ1v) is 5.81. The lowest BCUT2D eigenvalue weighted by Gasteiger charge is -2.25. The van der Waals surface area contributed by atoms with Crippen molar-refractivity contribution in [2.75, 3.05) is 13.3 Å². The van der Waals surface area contributed by atoms with Crippen LogP contribution in [-0.2, 0) is 4.74 Å². The molecule has 0 aromatic carbocycles. The van der Waals surface area contributed by atoms with E-state index in [0.29, 0.717) is 0 Å². The van der Waals surface area contributed by atoms with Gasteiger partial charge in [0.2, 0.25) is 5.72 Å². The summed E-state index contributed by atoms with van der Waals surface area (Å²) in [6.07, 6.45) is -1.56. The lowest BCUT2D eigenvalue weighted by atomic mass is 9.97. The first-order chi connectivity index (χ1) is 9.49. The Labute approximate surface area is 112 Å². The fraction of sp³-hybridized carbons (Fsp3) is 0.545. The Balaban J connectivity index is 2.48. The first kappa shape index (κ1) is 14.6. The number of hydrogen-bond acceptors (Lipinski definition) is 6. The number of aliphatic hydroxyl groups is 2. The molecule has 20 heavy (non-hydrogen) atoms. The van der Waals surface area contributed by atoms with Gasteiger partial charge in [-0.1, -0.05) is 0 Å². The fourth-order valence-electron chi connectivity index (χ4n) is 2.22. The van der Waals surface area contributed by atoms with Crippen LogP contribution in [0.15, 0.2) is 26.8 Å². The van der Waals surface area contributed by atoms with Gasteiger partial charge in [-0.2, -0.15) is 0 Å². The number of alkyl halides is 1. The van der Waals surface area contributed by atoms with Crippen molar-refractivity contribution < 1.29 is 19.3 Å². The van der Waals surface area contributed by atoms with Crippen molar-refractivity contribution in [3.05, 3.63) is 33.1 Å². The number of aliphatic imine (C=N–C) groups is 1. The number of ether oxygens (including phenoxy) is 1. The van der Waals surface area contributed by atoms with Gasteiger partial charge in [-0.25, -0.2) is 4.79 Å². The molecule has 8 nitrogen and oxygen atoms in total. The number of aromatic amines is 1. The van der Waals surface area contributed by atoms with Gasteiger partial charge in [0.15, 0.2) is 0 Å². The summed E-state index contributed by atoms with van der Waals surface area (Å²) in [6, 6.07) is 1.06. The van der Waals surface area contributed by atoms with E-state index in [9.17, 15) is 24.2 Å². The van der Waals surface area contributed by atoms with E-state index < -0.39 is 48.5 Å². The van der Waals surface area contributed by atoms with Crippen LogP contribution in [0.2, 0.25) is 0 Å². The summed E-state index contributed by atoms with van der Waals surface area (Å²) in [7, 11) is 0. The molecule has 1 aromatic rings. The number of halogens is 1. The second-order valence-corrected chi connectivity index (χ2v) is 4.45. The van der Waals surface area contributed by atoms with Crippen molar-refractivity contribution >= 4 is 6.72 Å². The highest BCUT2D eigenvalue weighted by molar-refractivity contribution is 5.26. The second kappa shape index (κ2) is 5.27. The highest BCUT2D eigenvalue weighted by Gasteiger charge is 2.55. The van der Waals surface area contributed by atoms with Crippen molar-refractivity contribution in [3.63, 3.8) is 0 Å². The largest absolute Gasteiger partial charge is 0.391 e. The Morgan fingerprint density at radius 1 is 1.60 bits per heavy atom. The van der Waals surface area contributed by atoms with Crippen LogP contribution in [0.1, 0.15) is 6.23 Å². The van der Waals surface area contributed by atoms with Gasteiger partial charge in [0.05, 0.1) is 19.2 Å². The van der Waals surface area contributed by atoms with Gasteiger partial charge in [0.25, 0.3) is 5.56 Å². The lowest BCUT2D eigenvalue weighted by molar-refractivity contribution is -0.122. The molecule has 9 heteroatoms. The fourth-order valence-corrected chi connectivity index (χ4v) is 2.22. The predicted octanol–water partition coefficient (Wildman–Crippen LogP) is -1.60. The summed E-state index contributed by atoms with van der Waals surface area (Å²) in [5, 5.41) is 19.3. The molecule has 0 amide bonds. The molecule has 1 aliphatic heterocycles. The molecule has 2 heterocycles. The normalized spacial score (nSPS) is 33.2. The van der Waals surface area contributed by atoms with Crippen molar-refractivity contribution in [1.29, 1.82) is 0 Å². The van der Waals surface area contributed by atoms with Gasteiger partial charge in [-0.3, -0.25) is 23.7 Å². The molecule has 0 aliphatic carbocycles. The number of H-pyrrole nitrogens is 1. The molecule has 1 fully saturated rings. The average Bonchev–Trinajstić information content (AvgIpc) is 2.71. The van der Waals surface area contributed by atoms with E-state index in [-0.39, 0.29) is 0 Å². The van der Waals surface area contributed by atoms with Crippen molar-refractivity contribution in [2.45, 2.75) is 18.1 Å². The van der Waals surface area contributed by atoms with E-state index in [1.165, 1.54) is 0 Å². The van der Waals surface area contributed by atoms with Gasteiger partial charge in [0.1, 0.15) is 12.3 Å². The summed E-state index contributed by atoms with van der Waals surface area (Å²) in [5.74, 6) is -1.13. The van der Waals surface area contributed by atoms with E-state index in [4.69, 9.17) is 4.74 Å². The molecule has 4 atom stereocenters. The molecule has 1 aliphatic rings.